The highest BCUT2D eigenvalue weighted by molar-refractivity contribution is 5.96. The molecule has 1 rings (SSSR count). The van der Waals surface area contributed by atoms with Crippen LogP contribution in [-0.2, 0) is 4.74 Å². The number of carbonyl (C=O) groups excluding carboxylic acids is 1. The predicted octanol–water partition coefficient (Wildman–Crippen LogP) is 3.03. The number of aryl methyl sites for hydroxylation is 3. The van der Waals surface area contributed by atoms with E-state index in [1.54, 1.807) is 6.92 Å². The van der Waals surface area contributed by atoms with E-state index in [0.29, 0.717) is 11.1 Å². The van der Waals surface area contributed by atoms with Crippen molar-refractivity contribution < 1.29 is 14.7 Å². The minimum Gasteiger partial charge on any atom is -0.382 e. The van der Waals surface area contributed by atoms with Crippen molar-refractivity contribution >= 4 is 5.91 Å². The van der Waals surface area contributed by atoms with Gasteiger partial charge in [0.05, 0.1) is 6.61 Å². The summed E-state index contributed by atoms with van der Waals surface area (Å²) in [6, 6.07) is 3.31. The monoisotopic (exact) mass is 277 g/mol. The van der Waals surface area contributed by atoms with E-state index in [9.17, 15) is 10.0 Å². The molecule has 20 heavy (non-hydrogen) atoms. The summed E-state index contributed by atoms with van der Waals surface area (Å²) in [7, 11) is 1.52. The Labute approximate surface area is 120 Å². The number of amides is 1. The first-order valence-corrected chi connectivity index (χ1v) is 6.54. The molecule has 0 saturated carbocycles. The molecule has 1 aromatic carbocycles. The lowest BCUT2D eigenvalue weighted by atomic mass is 9.98. The van der Waals surface area contributed by atoms with Gasteiger partial charge < -0.3 is 4.74 Å². The molecule has 110 valence electrons. The number of benzene rings is 1. The van der Waals surface area contributed by atoms with Crippen LogP contribution in [0.5, 0.6) is 0 Å². The Morgan fingerprint density at radius 3 is 2.25 bits per heavy atom. The number of rotatable bonds is 5. The van der Waals surface area contributed by atoms with Gasteiger partial charge in [-0.2, -0.15) is 0 Å². The fourth-order valence-corrected chi connectivity index (χ4v) is 2.35. The summed E-state index contributed by atoms with van der Waals surface area (Å²) in [5, 5.41) is 10.9. The maximum atomic E-state index is 12.5. The first-order valence-electron chi connectivity index (χ1n) is 6.54. The van der Waals surface area contributed by atoms with Crippen LogP contribution in [0.2, 0.25) is 0 Å². The second-order valence-corrected chi connectivity index (χ2v) is 5.24. The van der Waals surface area contributed by atoms with Gasteiger partial charge in [-0.05, 0) is 38.8 Å². The number of ether oxygens (including phenoxy) is 1. The van der Waals surface area contributed by atoms with E-state index in [-0.39, 0.29) is 6.61 Å². The molecule has 4 nitrogen and oxygen atoms in total. The molecule has 0 spiro atoms. The van der Waals surface area contributed by atoms with Crippen LogP contribution in [0.1, 0.15) is 34.0 Å². The normalized spacial score (nSPS) is 12.1. The second-order valence-electron chi connectivity index (χ2n) is 5.24. The Morgan fingerprint density at radius 2 is 1.85 bits per heavy atom. The molecule has 0 heterocycles. The Kier molecular flexibility index (Phi) is 5.48. The van der Waals surface area contributed by atoms with Crippen LogP contribution in [-0.4, -0.2) is 35.9 Å². The zero-order valence-electron chi connectivity index (χ0n) is 12.9. The van der Waals surface area contributed by atoms with Gasteiger partial charge in [-0.25, -0.2) is 5.06 Å². The Bertz CT molecular complexity index is 499. The average Bonchev–Trinajstić information content (AvgIpc) is 2.33. The number of nitrogens with zero attached hydrogens (tertiary/aromatic N) is 1. The lowest BCUT2D eigenvalue weighted by Gasteiger charge is -2.27. The van der Waals surface area contributed by atoms with Gasteiger partial charge in [0, 0.05) is 12.7 Å². The van der Waals surface area contributed by atoms with Gasteiger partial charge in [-0.3, -0.25) is 10.0 Å². The van der Waals surface area contributed by atoms with E-state index in [0.717, 1.165) is 21.8 Å². The molecule has 0 aliphatic heterocycles. The maximum absolute atomic E-state index is 12.5. The van der Waals surface area contributed by atoms with Crippen LogP contribution >= 0.6 is 0 Å². The number of carbonyl (C=O) groups is 1. The zero-order chi connectivity index (χ0) is 15.4. The van der Waals surface area contributed by atoms with Crippen molar-refractivity contribution in [1.82, 2.24) is 5.06 Å². The standard InChI is InChI=1S/C16H23NO3/c1-10(2)14(9-20-6)17(19)16(18)15-12(4)7-11(3)8-13(15)5/h7-8,14,19H,1,9H2,2-6H3. The molecule has 0 bridgehead atoms. The van der Waals surface area contributed by atoms with Crippen LogP contribution < -0.4 is 0 Å². The van der Waals surface area contributed by atoms with E-state index >= 15 is 0 Å². The van der Waals surface area contributed by atoms with Crippen molar-refractivity contribution in [3.63, 3.8) is 0 Å². The van der Waals surface area contributed by atoms with E-state index < -0.39 is 11.9 Å². The maximum Gasteiger partial charge on any atom is 0.278 e. The highest BCUT2D eigenvalue weighted by Crippen LogP contribution is 2.20. The van der Waals surface area contributed by atoms with Crippen molar-refractivity contribution in [3.05, 3.63) is 46.5 Å². The summed E-state index contributed by atoms with van der Waals surface area (Å²) in [6.45, 7) is 11.5. The van der Waals surface area contributed by atoms with E-state index in [4.69, 9.17) is 4.74 Å². The molecule has 1 aromatic rings. The van der Waals surface area contributed by atoms with Crippen molar-refractivity contribution in [2.45, 2.75) is 33.7 Å². The molecule has 0 saturated heterocycles. The van der Waals surface area contributed by atoms with Gasteiger partial charge in [0.2, 0.25) is 0 Å². The van der Waals surface area contributed by atoms with Gasteiger partial charge >= 0.3 is 0 Å². The third-order valence-corrected chi connectivity index (χ3v) is 3.29. The first-order chi connectivity index (χ1) is 9.29. The van der Waals surface area contributed by atoms with E-state index in [1.165, 1.54) is 7.11 Å². The number of hydrogen-bond donors (Lipinski definition) is 1. The lowest BCUT2D eigenvalue weighted by molar-refractivity contribution is -0.0929. The molecule has 0 aliphatic rings. The highest BCUT2D eigenvalue weighted by atomic mass is 16.5. The molecule has 1 unspecified atom stereocenters. The third-order valence-electron chi connectivity index (χ3n) is 3.29. The molecule has 1 amide bonds. The summed E-state index contributed by atoms with van der Waals surface area (Å²) in [5.41, 5.74) is 3.99. The Morgan fingerprint density at radius 1 is 1.35 bits per heavy atom. The topological polar surface area (TPSA) is 49.8 Å². The SMILES string of the molecule is C=C(C)C(COC)N(O)C(=O)c1c(C)cc(C)cc1C. The van der Waals surface area contributed by atoms with Crippen LogP contribution in [0.15, 0.2) is 24.3 Å². The number of hydroxylamine groups is 2. The minimum absolute atomic E-state index is 0.210. The fourth-order valence-electron chi connectivity index (χ4n) is 2.35. The second kappa shape index (κ2) is 6.68. The van der Waals surface area contributed by atoms with Gasteiger partial charge in [-0.15, -0.1) is 0 Å². The lowest BCUT2D eigenvalue weighted by Crippen LogP contribution is -2.41. The van der Waals surface area contributed by atoms with Crippen molar-refractivity contribution in [2.75, 3.05) is 13.7 Å². The van der Waals surface area contributed by atoms with Gasteiger partial charge in [0.15, 0.2) is 0 Å². The summed E-state index contributed by atoms with van der Waals surface area (Å²) >= 11 is 0. The Hall–Kier alpha value is -1.65. The van der Waals surface area contributed by atoms with Gasteiger partial charge in [0.1, 0.15) is 6.04 Å². The van der Waals surface area contributed by atoms with Gasteiger partial charge in [-0.1, -0.05) is 29.8 Å². The van der Waals surface area contributed by atoms with E-state index in [2.05, 4.69) is 6.58 Å². The number of hydrogen-bond acceptors (Lipinski definition) is 3. The third kappa shape index (κ3) is 3.46. The molecule has 0 aromatic heterocycles. The minimum atomic E-state index is -0.549. The van der Waals surface area contributed by atoms with Crippen LogP contribution in [0, 0.1) is 20.8 Å². The smallest absolute Gasteiger partial charge is 0.278 e. The molecule has 1 N–H and O–H groups in total. The zero-order valence-corrected chi connectivity index (χ0v) is 12.9. The van der Waals surface area contributed by atoms with Crippen molar-refractivity contribution in [2.24, 2.45) is 0 Å². The Balaban J connectivity index is 3.14. The van der Waals surface area contributed by atoms with Crippen LogP contribution in [0.3, 0.4) is 0 Å². The molecular formula is C16H23NO3. The van der Waals surface area contributed by atoms with Crippen LogP contribution in [0.25, 0.3) is 0 Å². The van der Waals surface area contributed by atoms with Crippen molar-refractivity contribution in [1.29, 1.82) is 0 Å². The molecule has 0 radical (unpaired) electrons. The summed E-state index contributed by atoms with van der Waals surface area (Å²) in [6.07, 6.45) is 0. The molecule has 1 atom stereocenters. The van der Waals surface area contributed by atoms with Crippen molar-refractivity contribution in [3.8, 4) is 0 Å². The van der Waals surface area contributed by atoms with Crippen LogP contribution in [0.4, 0.5) is 0 Å². The summed E-state index contributed by atoms with van der Waals surface area (Å²) < 4.78 is 5.04. The molecule has 4 heteroatoms. The highest BCUT2D eigenvalue weighted by Gasteiger charge is 2.26. The molecular weight excluding hydrogens is 254 g/mol. The number of methoxy groups -OCH3 is 1. The van der Waals surface area contributed by atoms with Gasteiger partial charge in [0.25, 0.3) is 5.91 Å². The molecule has 0 fully saturated rings. The quantitative estimate of drug-likeness (QED) is 0.511. The summed E-state index contributed by atoms with van der Waals surface area (Å²) in [5.74, 6) is -0.426. The fraction of sp³-hybridized carbons (Fsp3) is 0.438. The summed E-state index contributed by atoms with van der Waals surface area (Å²) in [4.78, 5) is 12.5. The average molecular weight is 277 g/mol. The largest absolute Gasteiger partial charge is 0.382 e. The first kappa shape index (κ1) is 16.4. The van der Waals surface area contributed by atoms with E-state index in [1.807, 2.05) is 32.9 Å². The predicted molar refractivity (Wildman–Crippen MR) is 79.1 cm³/mol. The molecule has 0 aliphatic carbocycles.